The number of carbonyl (C=O) groups excluding carboxylic acids is 1. The summed E-state index contributed by atoms with van der Waals surface area (Å²) in [6.45, 7) is 2.85. The van der Waals surface area contributed by atoms with Gasteiger partial charge in [0.15, 0.2) is 0 Å². The minimum absolute atomic E-state index is 0.0290. The van der Waals surface area contributed by atoms with Crippen LogP contribution in [0.1, 0.15) is 45.9 Å². The van der Waals surface area contributed by atoms with Gasteiger partial charge in [0.25, 0.3) is 5.91 Å². The summed E-state index contributed by atoms with van der Waals surface area (Å²) in [7, 11) is 0. The maximum atomic E-state index is 13.1. The summed E-state index contributed by atoms with van der Waals surface area (Å²) in [6.07, 6.45) is 6.62. The first kappa shape index (κ1) is 14.1. The quantitative estimate of drug-likeness (QED) is 0.849. The van der Waals surface area contributed by atoms with Crippen molar-refractivity contribution in [2.45, 2.75) is 32.1 Å². The molecule has 1 atom stereocenters. The lowest BCUT2D eigenvalue weighted by Crippen LogP contribution is -2.28. The normalized spacial score (nSPS) is 18.9. The lowest BCUT2D eigenvalue weighted by molar-refractivity contribution is 0.0859. The van der Waals surface area contributed by atoms with Crippen molar-refractivity contribution in [1.82, 2.24) is 9.78 Å². The van der Waals surface area contributed by atoms with Crippen LogP contribution in [0, 0.1) is 6.92 Å². The first-order chi connectivity index (χ1) is 11.2. The van der Waals surface area contributed by atoms with Crippen LogP contribution in [0.25, 0.3) is 6.08 Å². The van der Waals surface area contributed by atoms with Crippen molar-refractivity contribution in [2.75, 3.05) is 17.6 Å². The Morgan fingerprint density at radius 3 is 3.13 bits per heavy atom. The number of hydrogen-bond acceptors (Lipinski definition) is 4. The van der Waals surface area contributed by atoms with Crippen LogP contribution in [-0.4, -0.2) is 22.2 Å². The summed E-state index contributed by atoms with van der Waals surface area (Å²) in [5.41, 5.74) is 11.3. The highest BCUT2D eigenvalue weighted by molar-refractivity contribution is 5.91. The molecule has 0 saturated heterocycles. The van der Waals surface area contributed by atoms with E-state index in [4.69, 9.17) is 5.73 Å². The van der Waals surface area contributed by atoms with Crippen LogP contribution in [0.15, 0.2) is 24.3 Å². The van der Waals surface area contributed by atoms with E-state index in [1.807, 2.05) is 18.2 Å². The third-order valence-electron chi connectivity index (χ3n) is 4.79. The molecule has 3 N–H and O–H groups in total. The Bertz CT molecular complexity index is 819. The van der Waals surface area contributed by atoms with Crippen LogP contribution in [0.5, 0.6) is 0 Å². The standard InChI is InChI=1S/C18H20N4O/c1-11-5-4-7-12-13(9-10-20-16(11)12)18(23)22-17(19)14-6-2-3-8-15(14)21-22/h2,4-7,13,20H,3,8-10,19H2,1H3. The molecule has 1 aromatic heterocycles. The largest absolute Gasteiger partial charge is 0.385 e. The summed E-state index contributed by atoms with van der Waals surface area (Å²) in [4.78, 5) is 13.1. The number of fused-ring (bicyclic) bond motifs is 2. The van der Waals surface area contributed by atoms with Gasteiger partial charge in [0.1, 0.15) is 5.82 Å². The topological polar surface area (TPSA) is 72.9 Å². The van der Waals surface area contributed by atoms with E-state index in [0.717, 1.165) is 53.9 Å². The van der Waals surface area contributed by atoms with Gasteiger partial charge in [0.2, 0.25) is 0 Å². The zero-order valence-corrected chi connectivity index (χ0v) is 13.2. The Kier molecular flexibility index (Phi) is 3.22. The van der Waals surface area contributed by atoms with E-state index in [2.05, 4.69) is 29.5 Å². The first-order valence-corrected chi connectivity index (χ1v) is 8.08. The zero-order valence-electron chi connectivity index (χ0n) is 13.2. The molecule has 5 nitrogen and oxygen atoms in total. The first-order valence-electron chi connectivity index (χ1n) is 8.08. The number of carbonyl (C=O) groups is 1. The number of nitrogens with one attached hydrogen (secondary N) is 1. The summed E-state index contributed by atoms with van der Waals surface area (Å²) in [5, 5.41) is 7.90. The van der Waals surface area contributed by atoms with Crippen molar-refractivity contribution in [3.05, 3.63) is 46.7 Å². The fourth-order valence-corrected chi connectivity index (χ4v) is 3.57. The van der Waals surface area contributed by atoms with Crippen molar-refractivity contribution in [3.8, 4) is 0 Å². The molecule has 5 heteroatoms. The van der Waals surface area contributed by atoms with Crippen LogP contribution in [0.3, 0.4) is 0 Å². The molecule has 1 aromatic carbocycles. The Morgan fingerprint density at radius 2 is 2.30 bits per heavy atom. The molecule has 1 unspecified atom stereocenters. The van der Waals surface area contributed by atoms with Crippen molar-refractivity contribution in [1.29, 1.82) is 0 Å². The van der Waals surface area contributed by atoms with Crippen LogP contribution in [0.2, 0.25) is 0 Å². The molecule has 23 heavy (non-hydrogen) atoms. The van der Waals surface area contributed by atoms with Crippen molar-refractivity contribution < 1.29 is 4.79 Å². The number of allylic oxidation sites excluding steroid dienone is 1. The van der Waals surface area contributed by atoms with Crippen LogP contribution in [-0.2, 0) is 6.42 Å². The minimum atomic E-state index is -0.196. The van der Waals surface area contributed by atoms with Crippen LogP contribution < -0.4 is 11.1 Å². The average Bonchev–Trinajstić information content (AvgIpc) is 2.92. The molecule has 118 valence electrons. The van der Waals surface area contributed by atoms with Crippen LogP contribution >= 0.6 is 0 Å². The summed E-state index contributed by atoms with van der Waals surface area (Å²) < 4.78 is 1.42. The predicted molar refractivity (Wildman–Crippen MR) is 91.6 cm³/mol. The van der Waals surface area contributed by atoms with E-state index >= 15 is 0 Å². The molecule has 2 heterocycles. The Hall–Kier alpha value is -2.56. The van der Waals surface area contributed by atoms with E-state index in [-0.39, 0.29) is 11.8 Å². The lowest BCUT2D eigenvalue weighted by Gasteiger charge is -2.27. The van der Waals surface area contributed by atoms with Gasteiger partial charge < -0.3 is 11.1 Å². The number of nitrogens with two attached hydrogens (primary N) is 1. The second-order valence-corrected chi connectivity index (χ2v) is 6.24. The molecule has 0 saturated carbocycles. The average molecular weight is 308 g/mol. The second-order valence-electron chi connectivity index (χ2n) is 6.24. The number of aromatic nitrogens is 2. The number of aryl methyl sites for hydroxylation is 2. The second kappa shape index (κ2) is 5.26. The SMILES string of the molecule is Cc1cccc2c1NCCC2C(=O)n1nc2c(c1N)C=CCC2. The Balaban J connectivity index is 1.76. The molecule has 1 aliphatic heterocycles. The van der Waals surface area contributed by atoms with E-state index in [1.54, 1.807) is 0 Å². The van der Waals surface area contributed by atoms with Gasteiger partial charge in [-0.25, -0.2) is 0 Å². The number of rotatable bonds is 1. The zero-order chi connectivity index (χ0) is 16.0. The number of hydrogen-bond donors (Lipinski definition) is 2. The molecule has 0 radical (unpaired) electrons. The molecule has 0 amide bonds. The predicted octanol–water partition coefficient (Wildman–Crippen LogP) is 2.97. The maximum absolute atomic E-state index is 13.1. The van der Waals surface area contributed by atoms with Gasteiger partial charge in [-0.3, -0.25) is 4.79 Å². The number of nitrogens with zero attached hydrogens (tertiary/aromatic N) is 2. The van der Waals surface area contributed by atoms with E-state index in [9.17, 15) is 4.79 Å². The fraction of sp³-hybridized carbons (Fsp3) is 0.333. The molecular formula is C18H20N4O. The van der Waals surface area contributed by atoms with Gasteiger partial charge in [-0.15, -0.1) is 0 Å². The summed E-state index contributed by atoms with van der Waals surface area (Å²) >= 11 is 0. The number of anilines is 2. The van der Waals surface area contributed by atoms with E-state index < -0.39 is 0 Å². The molecule has 0 spiro atoms. The summed E-state index contributed by atoms with van der Waals surface area (Å²) in [5.74, 6) is 0.242. The minimum Gasteiger partial charge on any atom is -0.385 e. The number of benzene rings is 1. The molecule has 2 aliphatic rings. The van der Waals surface area contributed by atoms with Gasteiger partial charge in [0.05, 0.1) is 11.6 Å². The highest BCUT2D eigenvalue weighted by atomic mass is 16.2. The number of nitrogen functional groups attached to an aromatic ring is 1. The summed E-state index contributed by atoms with van der Waals surface area (Å²) in [6, 6.07) is 6.09. The van der Waals surface area contributed by atoms with E-state index in [0.29, 0.717) is 5.82 Å². The monoisotopic (exact) mass is 308 g/mol. The van der Waals surface area contributed by atoms with Crippen molar-refractivity contribution >= 4 is 23.5 Å². The van der Waals surface area contributed by atoms with Gasteiger partial charge in [-0.2, -0.15) is 9.78 Å². The molecule has 0 fully saturated rings. The number of para-hydroxylation sites is 1. The van der Waals surface area contributed by atoms with Gasteiger partial charge in [-0.05, 0) is 37.3 Å². The Labute approximate surface area is 135 Å². The van der Waals surface area contributed by atoms with Crippen LogP contribution in [0.4, 0.5) is 11.5 Å². The van der Waals surface area contributed by atoms with Gasteiger partial charge in [-0.1, -0.05) is 30.4 Å². The maximum Gasteiger partial charge on any atom is 0.256 e. The van der Waals surface area contributed by atoms with Gasteiger partial charge in [0, 0.05) is 17.8 Å². The van der Waals surface area contributed by atoms with Crippen molar-refractivity contribution in [3.63, 3.8) is 0 Å². The Morgan fingerprint density at radius 1 is 1.43 bits per heavy atom. The highest BCUT2D eigenvalue weighted by Crippen LogP contribution is 2.36. The lowest BCUT2D eigenvalue weighted by atomic mass is 9.88. The smallest absolute Gasteiger partial charge is 0.256 e. The fourth-order valence-electron chi connectivity index (χ4n) is 3.57. The molecule has 2 aromatic rings. The third-order valence-corrected chi connectivity index (χ3v) is 4.79. The highest BCUT2D eigenvalue weighted by Gasteiger charge is 2.31. The molecule has 0 bridgehead atoms. The molecule has 4 rings (SSSR count). The van der Waals surface area contributed by atoms with E-state index in [1.165, 1.54) is 4.68 Å². The molecule has 1 aliphatic carbocycles. The van der Waals surface area contributed by atoms with Crippen molar-refractivity contribution in [2.24, 2.45) is 0 Å². The van der Waals surface area contributed by atoms with Gasteiger partial charge >= 0.3 is 0 Å². The molecular weight excluding hydrogens is 288 g/mol. The third kappa shape index (κ3) is 2.15.